The van der Waals surface area contributed by atoms with Crippen molar-refractivity contribution in [2.75, 3.05) is 19.8 Å². The molecule has 4 aromatic rings. The third-order valence-electron chi connectivity index (χ3n) is 9.64. The number of nitrogens with one attached hydrogen (secondary N) is 1. The number of carbonyl (C=O) groups is 3. The van der Waals surface area contributed by atoms with Crippen molar-refractivity contribution in [1.29, 1.82) is 0 Å². The van der Waals surface area contributed by atoms with Crippen molar-refractivity contribution in [3.05, 3.63) is 70.8 Å². The van der Waals surface area contributed by atoms with Crippen LogP contribution in [0, 0.1) is 0 Å². The van der Waals surface area contributed by atoms with Gasteiger partial charge in [0, 0.05) is 31.9 Å². The molecule has 6 rings (SSSR count). The van der Waals surface area contributed by atoms with Gasteiger partial charge in [0.25, 0.3) is 0 Å². The lowest BCUT2D eigenvalue weighted by Crippen LogP contribution is -2.36. The molecule has 0 bridgehead atoms. The number of fused-ring (bicyclic) bond motifs is 1. The molecule has 24 heteroatoms. The Kier molecular flexibility index (Phi) is 16.0. The van der Waals surface area contributed by atoms with Crippen LogP contribution >= 0.6 is 11.6 Å². The number of nitrogens with zero attached hydrogens (tertiary/aromatic N) is 7. The van der Waals surface area contributed by atoms with E-state index in [9.17, 15) is 14.4 Å². The van der Waals surface area contributed by atoms with Gasteiger partial charge in [0.2, 0.25) is 6.29 Å². The molecule has 5 N–H and O–H groups in total. The molecule has 2 aromatic carbocycles. The molecule has 61 heavy (non-hydrogen) atoms. The first-order valence-electron chi connectivity index (χ1n) is 19.2. The molecule has 0 spiro atoms. The highest BCUT2D eigenvalue weighted by Gasteiger charge is 2.51. The van der Waals surface area contributed by atoms with Gasteiger partial charge < -0.3 is 33.0 Å². The van der Waals surface area contributed by atoms with Crippen molar-refractivity contribution in [1.82, 2.24) is 41.0 Å². The average molecular weight is 877 g/mol. The minimum Gasteiger partial charge on any atom is -0.457 e. The molecule has 6 atom stereocenters. The Hall–Kier alpha value is -5.18. The summed E-state index contributed by atoms with van der Waals surface area (Å²) in [6.45, 7) is 2.98. The second-order valence-electron chi connectivity index (χ2n) is 13.9. The zero-order valence-corrected chi connectivity index (χ0v) is 33.7. The van der Waals surface area contributed by atoms with Crippen molar-refractivity contribution in [3.8, 4) is 22.5 Å². The molecule has 23 nitrogen and oxygen atoms in total. The number of hydrogen-bond acceptors (Lipinski definition) is 21. The van der Waals surface area contributed by atoms with E-state index >= 15 is 0 Å². The summed E-state index contributed by atoms with van der Waals surface area (Å²) in [6.07, 6.45) is -4.70. The lowest BCUT2D eigenvalue weighted by molar-refractivity contribution is -0.527. The maximum atomic E-state index is 13.6. The zero-order valence-electron chi connectivity index (χ0n) is 32.9. The second kappa shape index (κ2) is 21.6. The van der Waals surface area contributed by atoms with Crippen LogP contribution in [0.5, 0.6) is 0 Å². The van der Waals surface area contributed by atoms with E-state index < -0.39 is 72.3 Å². The van der Waals surface area contributed by atoms with Crippen LogP contribution in [-0.4, -0.2) is 137 Å². The SMILES string of the molecule is CCCCc1nc(Cl)c(C(=O)OC(C)OC(=O)O[C@@H]2CO[C@H]3[C@@H]2OC[C@H]3OC(=O)CCCC(CON(O)O)ON(O)O)n1Cc1ccc(-c2ccccc2-c2nnn[nH]2)cc1. The van der Waals surface area contributed by atoms with Crippen LogP contribution in [0.3, 0.4) is 0 Å². The first-order valence-corrected chi connectivity index (χ1v) is 19.6. The monoisotopic (exact) mass is 876 g/mol. The van der Waals surface area contributed by atoms with Gasteiger partial charge in [-0.1, -0.05) is 73.5 Å². The number of H-pyrrole nitrogens is 1. The number of aromatic amines is 1. The van der Waals surface area contributed by atoms with Gasteiger partial charge in [-0.25, -0.2) is 29.3 Å². The summed E-state index contributed by atoms with van der Waals surface area (Å²) in [4.78, 5) is 52.5. The molecule has 2 aliphatic rings. The van der Waals surface area contributed by atoms with Crippen molar-refractivity contribution in [2.24, 2.45) is 0 Å². The van der Waals surface area contributed by atoms with Gasteiger partial charge >= 0.3 is 18.1 Å². The average Bonchev–Trinajstić information content (AvgIpc) is 4.03. The number of ether oxygens (including phenoxy) is 6. The second-order valence-corrected chi connectivity index (χ2v) is 14.2. The Balaban J connectivity index is 1.01. The van der Waals surface area contributed by atoms with Crippen molar-refractivity contribution in [2.45, 2.75) is 95.7 Å². The predicted octanol–water partition coefficient (Wildman–Crippen LogP) is 4.07. The van der Waals surface area contributed by atoms with Gasteiger partial charge in [-0.05, 0) is 46.4 Å². The Morgan fingerprint density at radius 2 is 1.66 bits per heavy atom. The molecule has 0 radical (unpaired) electrons. The number of unbranched alkanes of at least 4 members (excludes halogenated alkanes) is 1. The summed E-state index contributed by atoms with van der Waals surface area (Å²) in [6, 6.07) is 15.5. The van der Waals surface area contributed by atoms with Crippen LogP contribution in [-0.2, 0) is 55.9 Å². The molecule has 2 saturated heterocycles. The van der Waals surface area contributed by atoms with Crippen LogP contribution in [0.15, 0.2) is 48.5 Å². The minimum absolute atomic E-state index is 0.0142. The molecule has 0 saturated carbocycles. The third-order valence-corrected chi connectivity index (χ3v) is 9.90. The highest BCUT2D eigenvalue weighted by Crippen LogP contribution is 2.32. The van der Waals surface area contributed by atoms with Gasteiger partial charge in [-0.3, -0.25) is 25.6 Å². The summed E-state index contributed by atoms with van der Waals surface area (Å²) in [5.41, 5.74) is 3.51. The normalized spacial score (nSPS) is 19.5. The quantitative estimate of drug-likeness (QED) is 0.0341. The maximum absolute atomic E-state index is 13.6. The van der Waals surface area contributed by atoms with E-state index in [1.54, 1.807) is 4.57 Å². The smallest absolute Gasteiger partial charge is 0.457 e. The Labute approximate surface area is 352 Å². The standard InChI is InChI=1S/C37H45ClN8O15/c1-3-4-11-29-39-34(38)31(44(29)17-22-13-15-23(16-14-22)25-9-5-6-10-26(25)35-40-42-43-41-35)36(48)57-21(2)58-37(49)60-28-20-55-32-27(19-54-33(28)32)59-30(47)12-7-8-24(61-46(52)53)18-56-45(50)51/h5-6,9-10,13-16,21,24,27-28,32-33,50-53H,3-4,7-8,11-12,17-20H2,1-2H3,(H,40,41,42,43)/t21?,24?,27-,28-,32-,33-/m1/s1. The van der Waals surface area contributed by atoms with Gasteiger partial charge in [0.15, 0.2) is 28.9 Å². The molecule has 2 unspecified atom stereocenters. The summed E-state index contributed by atoms with van der Waals surface area (Å²) in [5.74, 6) is -0.392. The Bertz CT molecular complexity index is 2060. The van der Waals surface area contributed by atoms with Crippen LogP contribution in [0.4, 0.5) is 4.79 Å². The van der Waals surface area contributed by atoms with Crippen LogP contribution < -0.4 is 0 Å². The zero-order chi connectivity index (χ0) is 43.5. The number of aryl methyl sites for hydroxylation is 1. The van der Waals surface area contributed by atoms with E-state index in [1.807, 2.05) is 55.5 Å². The maximum Gasteiger partial charge on any atom is 0.511 e. The Morgan fingerprint density at radius 3 is 2.31 bits per heavy atom. The van der Waals surface area contributed by atoms with E-state index in [0.29, 0.717) is 18.1 Å². The largest absolute Gasteiger partial charge is 0.511 e. The molecule has 2 aromatic heterocycles. The van der Waals surface area contributed by atoms with Crippen LogP contribution in [0.2, 0.25) is 5.15 Å². The number of esters is 2. The van der Waals surface area contributed by atoms with Gasteiger partial charge in [0.1, 0.15) is 30.7 Å². The summed E-state index contributed by atoms with van der Waals surface area (Å²) < 4.78 is 34.8. The number of aromatic nitrogens is 6. The van der Waals surface area contributed by atoms with Crippen molar-refractivity contribution >= 4 is 29.7 Å². The van der Waals surface area contributed by atoms with Crippen molar-refractivity contribution in [3.63, 3.8) is 0 Å². The molecular weight excluding hydrogens is 832 g/mol. The number of halogens is 1. The number of rotatable bonds is 21. The number of tetrazole rings is 1. The van der Waals surface area contributed by atoms with Gasteiger partial charge in [-0.15, -0.1) is 5.10 Å². The summed E-state index contributed by atoms with van der Waals surface area (Å²) >= 11 is 6.55. The minimum atomic E-state index is -1.41. The fraction of sp³-hybridized carbons (Fsp3) is 0.486. The summed E-state index contributed by atoms with van der Waals surface area (Å²) in [5, 5.41) is 48.2. The topological polar surface area (TPSA) is 285 Å². The molecular formula is C37H45ClN8O15. The highest BCUT2D eigenvalue weighted by molar-refractivity contribution is 6.32. The lowest BCUT2D eigenvalue weighted by Gasteiger charge is -2.19. The van der Waals surface area contributed by atoms with Gasteiger partial charge in [0.05, 0.1) is 24.0 Å². The number of benzene rings is 2. The molecule has 2 aliphatic heterocycles. The van der Waals surface area contributed by atoms with Crippen LogP contribution in [0.1, 0.15) is 67.8 Å². The molecule has 0 aliphatic carbocycles. The molecule has 4 heterocycles. The molecule has 330 valence electrons. The van der Waals surface area contributed by atoms with E-state index in [1.165, 1.54) is 6.92 Å². The fourth-order valence-corrected chi connectivity index (χ4v) is 7.12. The number of imidazole rings is 1. The lowest BCUT2D eigenvalue weighted by atomic mass is 9.98. The van der Waals surface area contributed by atoms with Crippen LogP contribution in [0.25, 0.3) is 22.5 Å². The van der Waals surface area contributed by atoms with Crippen molar-refractivity contribution < 1.29 is 73.3 Å². The molecule has 0 amide bonds. The molecule has 2 fully saturated rings. The fourth-order valence-electron chi connectivity index (χ4n) is 6.84. The summed E-state index contributed by atoms with van der Waals surface area (Å²) in [7, 11) is 0. The van der Waals surface area contributed by atoms with Gasteiger partial charge in [-0.2, -0.15) is 0 Å². The van der Waals surface area contributed by atoms with E-state index in [4.69, 9.17) is 60.9 Å². The number of carbonyl (C=O) groups excluding carboxylic acids is 3. The third kappa shape index (κ3) is 12.2. The first kappa shape index (κ1) is 45.3. The first-order chi connectivity index (χ1) is 29.4. The highest BCUT2D eigenvalue weighted by atomic mass is 35.5. The number of hydrogen-bond donors (Lipinski definition) is 5. The van der Waals surface area contributed by atoms with E-state index in [-0.39, 0.29) is 49.9 Å². The Morgan fingerprint density at radius 1 is 0.951 bits per heavy atom. The van der Waals surface area contributed by atoms with E-state index in [2.05, 4.69) is 35.3 Å². The van der Waals surface area contributed by atoms with E-state index in [0.717, 1.165) is 35.1 Å². The predicted molar refractivity (Wildman–Crippen MR) is 201 cm³/mol.